The lowest BCUT2D eigenvalue weighted by atomic mass is 9.94. The summed E-state index contributed by atoms with van der Waals surface area (Å²) in [6, 6.07) is 13.6. The minimum Gasteiger partial charge on any atom is -0.376 e. The molecule has 0 saturated carbocycles. The molecule has 31 heavy (non-hydrogen) atoms. The van der Waals surface area contributed by atoms with Crippen LogP contribution in [0, 0.1) is 0 Å². The zero-order valence-electron chi connectivity index (χ0n) is 17.6. The van der Waals surface area contributed by atoms with Gasteiger partial charge in [-0.15, -0.1) is 0 Å². The van der Waals surface area contributed by atoms with E-state index in [2.05, 4.69) is 10.3 Å². The molecule has 0 radical (unpaired) electrons. The van der Waals surface area contributed by atoms with Crippen molar-refractivity contribution in [2.24, 2.45) is 0 Å². The molecule has 1 N–H and O–H groups in total. The van der Waals surface area contributed by atoms with Crippen molar-refractivity contribution in [3.8, 4) is 0 Å². The molecule has 5 rings (SSSR count). The Bertz CT molecular complexity index is 1120. The van der Waals surface area contributed by atoms with Crippen molar-refractivity contribution in [3.05, 3.63) is 66.1 Å². The Hall–Kier alpha value is -3.19. The minimum absolute atomic E-state index is 0.0431. The monoisotopic (exact) mass is 418 g/mol. The highest BCUT2D eigenvalue weighted by atomic mass is 16.5. The van der Waals surface area contributed by atoms with E-state index in [1.165, 1.54) is 0 Å². The number of carbonyl (C=O) groups is 2. The summed E-state index contributed by atoms with van der Waals surface area (Å²) in [5.74, 6) is -0.315. The standard InChI is InChI=1S/C24H26N4O3/c1-24(23(30)26-14-19-8-5-11-31-19)16-27-20-9-3-2-7-18(20)12-21(27)22(29)28(24)15-17-6-4-10-25-13-17/h2-4,6-7,9-10,12-13,19H,5,8,11,14-16H2,1H3,(H,26,30). The van der Waals surface area contributed by atoms with Crippen LogP contribution in [0.15, 0.2) is 54.9 Å². The molecule has 3 aromatic rings. The molecule has 7 nitrogen and oxygen atoms in total. The molecule has 0 aliphatic carbocycles. The van der Waals surface area contributed by atoms with Gasteiger partial charge in [-0.2, -0.15) is 0 Å². The van der Waals surface area contributed by atoms with Crippen molar-refractivity contribution in [2.75, 3.05) is 13.2 Å². The first-order chi connectivity index (χ1) is 15.1. The van der Waals surface area contributed by atoms with E-state index in [-0.39, 0.29) is 17.9 Å². The van der Waals surface area contributed by atoms with Crippen LogP contribution in [0.2, 0.25) is 0 Å². The van der Waals surface area contributed by atoms with Crippen molar-refractivity contribution in [2.45, 2.75) is 44.5 Å². The third-order valence-electron chi connectivity index (χ3n) is 6.40. The third-order valence-corrected chi connectivity index (χ3v) is 6.40. The fourth-order valence-electron chi connectivity index (χ4n) is 4.63. The molecule has 0 bridgehead atoms. The molecule has 2 amide bonds. The molecular formula is C24H26N4O3. The minimum atomic E-state index is -1.04. The van der Waals surface area contributed by atoms with Gasteiger partial charge in [0.05, 0.1) is 12.6 Å². The van der Waals surface area contributed by atoms with Crippen molar-refractivity contribution in [1.82, 2.24) is 19.8 Å². The van der Waals surface area contributed by atoms with Gasteiger partial charge >= 0.3 is 0 Å². The number of hydrogen-bond acceptors (Lipinski definition) is 4. The maximum atomic E-state index is 13.7. The second-order valence-corrected chi connectivity index (χ2v) is 8.55. The Kier molecular flexibility index (Phi) is 4.98. The number of benzene rings is 1. The SMILES string of the molecule is CC1(C(=O)NCC2CCCO2)Cn2c(cc3ccccc32)C(=O)N1Cc1cccnc1. The Morgan fingerprint density at radius 2 is 2.16 bits per heavy atom. The predicted molar refractivity (Wildman–Crippen MR) is 116 cm³/mol. The molecule has 1 fully saturated rings. The summed E-state index contributed by atoms with van der Waals surface area (Å²) in [4.78, 5) is 33.0. The van der Waals surface area contributed by atoms with Gasteiger partial charge in [-0.1, -0.05) is 24.3 Å². The number of pyridine rings is 1. The first-order valence-electron chi connectivity index (χ1n) is 10.8. The van der Waals surface area contributed by atoms with Crippen molar-refractivity contribution < 1.29 is 14.3 Å². The number of aromatic nitrogens is 2. The normalized spacial score (nSPS) is 23.2. The number of rotatable bonds is 5. The zero-order chi connectivity index (χ0) is 21.4. The summed E-state index contributed by atoms with van der Waals surface area (Å²) in [7, 11) is 0. The van der Waals surface area contributed by atoms with Gasteiger partial charge in [0.15, 0.2) is 0 Å². The summed E-state index contributed by atoms with van der Waals surface area (Å²) in [5.41, 5.74) is 1.42. The van der Waals surface area contributed by atoms with Gasteiger partial charge in [-0.05, 0) is 43.5 Å². The number of nitrogens with zero attached hydrogens (tertiary/aromatic N) is 3. The van der Waals surface area contributed by atoms with Crippen molar-refractivity contribution in [3.63, 3.8) is 0 Å². The third kappa shape index (κ3) is 3.49. The van der Waals surface area contributed by atoms with E-state index in [4.69, 9.17) is 4.74 Å². The topological polar surface area (TPSA) is 76.5 Å². The molecule has 2 unspecified atom stereocenters. The van der Waals surface area contributed by atoms with E-state index in [0.29, 0.717) is 25.3 Å². The Morgan fingerprint density at radius 3 is 2.94 bits per heavy atom. The van der Waals surface area contributed by atoms with Gasteiger partial charge in [0.1, 0.15) is 11.2 Å². The van der Waals surface area contributed by atoms with Crippen LogP contribution in [0.5, 0.6) is 0 Å². The molecule has 2 atom stereocenters. The second-order valence-electron chi connectivity index (χ2n) is 8.55. The van der Waals surface area contributed by atoms with Crippen LogP contribution in [-0.2, 0) is 22.6 Å². The molecular weight excluding hydrogens is 392 g/mol. The molecule has 1 saturated heterocycles. The van der Waals surface area contributed by atoms with Crippen LogP contribution in [0.3, 0.4) is 0 Å². The van der Waals surface area contributed by atoms with E-state index >= 15 is 0 Å². The molecule has 160 valence electrons. The number of amides is 2. The number of fused-ring (bicyclic) bond motifs is 3. The summed E-state index contributed by atoms with van der Waals surface area (Å²) in [5, 5.41) is 4.05. The Morgan fingerprint density at radius 1 is 1.29 bits per heavy atom. The molecule has 2 aliphatic heterocycles. The Labute approximate surface area is 181 Å². The molecule has 4 heterocycles. The Balaban J connectivity index is 1.52. The van der Waals surface area contributed by atoms with Crippen LogP contribution in [0.25, 0.3) is 10.9 Å². The molecule has 2 aromatic heterocycles. The maximum absolute atomic E-state index is 13.7. The van der Waals surface area contributed by atoms with E-state index in [1.807, 2.05) is 54.0 Å². The van der Waals surface area contributed by atoms with Crippen LogP contribution < -0.4 is 5.32 Å². The van der Waals surface area contributed by atoms with E-state index in [9.17, 15) is 9.59 Å². The number of hydrogen-bond donors (Lipinski definition) is 1. The van der Waals surface area contributed by atoms with Crippen molar-refractivity contribution >= 4 is 22.7 Å². The lowest BCUT2D eigenvalue weighted by molar-refractivity contribution is -0.133. The van der Waals surface area contributed by atoms with Crippen molar-refractivity contribution in [1.29, 1.82) is 0 Å². The fourth-order valence-corrected chi connectivity index (χ4v) is 4.63. The summed E-state index contributed by atoms with van der Waals surface area (Å²) >= 11 is 0. The molecule has 2 aliphatic rings. The molecule has 1 aromatic carbocycles. The molecule has 0 spiro atoms. The van der Waals surface area contributed by atoms with E-state index in [0.717, 1.165) is 35.9 Å². The van der Waals surface area contributed by atoms with Gasteiger partial charge in [0.25, 0.3) is 5.91 Å². The predicted octanol–water partition coefficient (Wildman–Crippen LogP) is 2.75. The van der Waals surface area contributed by atoms with Gasteiger partial charge in [-0.25, -0.2) is 0 Å². The van der Waals surface area contributed by atoms with Gasteiger partial charge in [0, 0.05) is 43.0 Å². The van der Waals surface area contributed by atoms with E-state index in [1.54, 1.807) is 17.3 Å². The number of carbonyl (C=O) groups excluding carboxylic acids is 2. The van der Waals surface area contributed by atoms with Crippen LogP contribution >= 0.6 is 0 Å². The summed E-state index contributed by atoms with van der Waals surface area (Å²) in [6.45, 7) is 3.76. The summed E-state index contributed by atoms with van der Waals surface area (Å²) in [6.07, 6.45) is 5.44. The first-order valence-corrected chi connectivity index (χ1v) is 10.8. The number of ether oxygens (including phenoxy) is 1. The average Bonchev–Trinajstić information content (AvgIpc) is 3.44. The highest BCUT2D eigenvalue weighted by Crippen LogP contribution is 2.33. The number of para-hydroxylation sites is 1. The first kappa shape index (κ1) is 19.8. The summed E-state index contributed by atoms with van der Waals surface area (Å²) < 4.78 is 7.64. The lowest BCUT2D eigenvalue weighted by Crippen LogP contribution is -2.64. The van der Waals surface area contributed by atoms with Crippen LogP contribution in [-0.4, -0.2) is 51.1 Å². The lowest BCUT2D eigenvalue weighted by Gasteiger charge is -2.44. The number of nitrogens with one attached hydrogen (secondary N) is 1. The van der Waals surface area contributed by atoms with Gasteiger partial charge in [-0.3, -0.25) is 14.6 Å². The van der Waals surface area contributed by atoms with Gasteiger partial charge < -0.3 is 19.5 Å². The maximum Gasteiger partial charge on any atom is 0.271 e. The quantitative estimate of drug-likeness (QED) is 0.691. The zero-order valence-corrected chi connectivity index (χ0v) is 17.6. The average molecular weight is 418 g/mol. The van der Waals surface area contributed by atoms with E-state index < -0.39 is 5.54 Å². The highest BCUT2D eigenvalue weighted by molar-refractivity contribution is 6.03. The highest BCUT2D eigenvalue weighted by Gasteiger charge is 2.47. The fraction of sp³-hybridized carbons (Fsp3) is 0.375. The van der Waals surface area contributed by atoms with Gasteiger partial charge in [0.2, 0.25) is 5.91 Å². The largest absolute Gasteiger partial charge is 0.376 e. The van der Waals surface area contributed by atoms with Crippen LogP contribution in [0.1, 0.15) is 35.8 Å². The van der Waals surface area contributed by atoms with Crippen LogP contribution in [0.4, 0.5) is 0 Å². The smallest absolute Gasteiger partial charge is 0.271 e. The second kappa shape index (κ2) is 7.81. The molecule has 7 heteroatoms.